The number of rotatable bonds is 21. The zero-order chi connectivity index (χ0) is 74.9. The molecule has 5 fully saturated rings. The van der Waals surface area contributed by atoms with Crippen molar-refractivity contribution < 1.29 is 29.1 Å². The standard InChI is InChI=1S/C20H23NO2.C20H23NO.3C17H19N3O/c22-15-17-8-10-18(11-9-17)20(23)19-7-4-12-21(14-19)13-16-5-2-1-3-6-16;1-16-9-11-18(12-10-16)20(22)19-8-5-13-21(15-19)14-17-6-3-2-4-7-17;21-16(17-18-9-5-10-19-17)15-8-4-11-20(13-15)12-14-6-2-1-3-7-14;21-17(16-8-9-18-13-19-16)15-7-4-10-20(12-15)11-14-5-2-1-3-6-14;21-17(16-9-18-13-19-10-16)15-7-4-8-20(12-15)11-14-5-2-1-3-6-14/h1-3,5-6,8-11,19,22H,4,7,12-15H2;2-4,6-7,9-12,19H,5,8,13-15H2,1H3;1-3,5-7,9-10,15H,4,8,11-13H2;1-3,5-6,8-9,13,15H,4,7,10-12H2;1-3,5-6,9-10,13,15H,4,7-8,11-12H2. The number of piperidine rings is 5. The van der Waals surface area contributed by atoms with E-state index in [1.54, 1.807) is 43.1 Å². The van der Waals surface area contributed by atoms with E-state index in [-0.39, 0.29) is 59.3 Å². The van der Waals surface area contributed by atoms with Gasteiger partial charge >= 0.3 is 0 Å². The first-order chi connectivity index (χ1) is 53.0. The lowest BCUT2D eigenvalue weighted by Crippen LogP contribution is -2.38. The van der Waals surface area contributed by atoms with Gasteiger partial charge in [-0.3, -0.25) is 48.5 Å². The van der Waals surface area contributed by atoms with Crippen LogP contribution in [0.5, 0.6) is 0 Å². The number of Topliss-reactive ketones (excluding diaryl/α,β-unsaturated/α-hetero) is 5. The van der Waals surface area contributed by atoms with Gasteiger partial charge < -0.3 is 5.11 Å². The number of nitrogens with zero attached hydrogens (tertiary/aromatic N) is 11. The van der Waals surface area contributed by atoms with Crippen LogP contribution in [0.1, 0.15) is 155 Å². The van der Waals surface area contributed by atoms with Crippen LogP contribution < -0.4 is 0 Å². The van der Waals surface area contributed by atoms with Gasteiger partial charge in [-0.25, -0.2) is 29.9 Å². The van der Waals surface area contributed by atoms with Crippen molar-refractivity contribution >= 4 is 28.9 Å². The van der Waals surface area contributed by atoms with Crippen molar-refractivity contribution in [1.82, 2.24) is 54.4 Å². The smallest absolute Gasteiger partial charge is 0.204 e. The van der Waals surface area contributed by atoms with Crippen LogP contribution in [-0.2, 0) is 39.3 Å². The highest BCUT2D eigenvalue weighted by Gasteiger charge is 2.32. The Morgan fingerprint density at radius 1 is 0.324 bits per heavy atom. The van der Waals surface area contributed by atoms with Gasteiger partial charge in [-0.15, -0.1) is 0 Å². The molecule has 15 rings (SSSR count). The van der Waals surface area contributed by atoms with Crippen LogP contribution >= 0.6 is 0 Å². The molecule has 5 aliphatic rings. The molecule has 0 bridgehead atoms. The van der Waals surface area contributed by atoms with Crippen molar-refractivity contribution in [3.05, 3.63) is 323 Å². The van der Waals surface area contributed by atoms with Gasteiger partial charge in [-0.05, 0) is 149 Å². The van der Waals surface area contributed by atoms with Gasteiger partial charge in [0.05, 0.1) is 12.2 Å². The Labute approximate surface area is 637 Å². The van der Waals surface area contributed by atoms with Crippen molar-refractivity contribution in [2.24, 2.45) is 29.6 Å². The summed E-state index contributed by atoms with van der Waals surface area (Å²) in [5, 5.41) is 9.10. The van der Waals surface area contributed by atoms with Crippen molar-refractivity contribution in [3.8, 4) is 0 Å². The molecule has 5 atom stereocenters. The predicted octanol–water partition coefficient (Wildman–Crippen LogP) is 15.1. The molecule has 0 radical (unpaired) electrons. The quantitative estimate of drug-likeness (QED) is 0.0666. The Hall–Kier alpha value is -10.1. The molecule has 0 saturated carbocycles. The van der Waals surface area contributed by atoms with Crippen LogP contribution in [-0.4, -0.2) is 154 Å². The maximum absolute atomic E-state index is 12.7. The van der Waals surface area contributed by atoms with Gasteiger partial charge in [-0.1, -0.05) is 206 Å². The summed E-state index contributed by atoms with van der Waals surface area (Å²) in [7, 11) is 0. The van der Waals surface area contributed by atoms with Gasteiger partial charge in [0.2, 0.25) is 5.78 Å². The van der Waals surface area contributed by atoms with E-state index < -0.39 is 0 Å². The molecule has 558 valence electrons. The predicted molar refractivity (Wildman–Crippen MR) is 424 cm³/mol. The number of aliphatic hydroxyl groups is 1. The first-order valence-electron chi connectivity index (χ1n) is 38.5. The second-order valence-corrected chi connectivity index (χ2v) is 29.1. The van der Waals surface area contributed by atoms with E-state index in [1.165, 1.54) is 46.0 Å². The molecule has 5 unspecified atom stereocenters. The maximum Gasteiger partial charge on any atom is 0.204 e. The normalized spacial score (nSPS) is 19.1. The SMILES string of the molecule is Cc1ccc(C(=O)C2CCCN(Cc3ccccc3)C2)cc1.O=C(c1ccc(CO)cc1)C1CCCN(Cc2ccccc2)C1.O=C(c1ccncn1)C1CCCN(Cc2ccccc2)C1.O=C(c1cncnc1)C1CCCN(Cc2ccccc2)C1.O=C(c1ncccn1)C1CCCN(Cc2ccccc2)C1. The molecule has 17 nitrogen and oxygen atoms in total. The fourth-order valence-corrected chi connectivity index (χ4v) is 15.2. The number of aryl methyl sites for hydroxylation is 1. The number of aromatic nitrogens is 6. The summed E-state index contributed by atoms with van der Waals surface area (Å²) in [6.45, 7) is 16.1. The summed E-state index contributed by atoms with van der Waals surface area (Å²) < 4.78 is 0. The van der Waals surface area contributed by atoms with Gasteiger partial charge in [-0.2, -0.15) is 0 Å². The van der Waals surface area contributed by atoms with Gasteiger partial charge in [0.25, 0.3) is 0 Å². The van der Waals surface area contributed by atoms with Crippen molar-refractivity contribution in [2.75, 3.05) is 65.4 Å². The second-order valence-electron chi connectivity index (χ2n) is 29.1. The van der Waals surface area contributed by atoms with Gasteiger partial charge in [0.1, 0.15) is 18.3 Å². The Morgan fingerprint density at radius 2 is 0.648 bits per heavy atom. The van der Waals surface area contributed by atoms with Crippen LogP contribution in [0.15, 0.2) is 256 Å². The lowest BCUT2D eigenvalue weighted by molar-refractivity contribution is 0.0796. The second kappa shape index (κ2) is 42.4. The molecule has 5 aliphatic heterocycles. The first-order valence-corrected chi connectivity index (χ1v) is 38.5. The summed E-state index contributed by atoms with van der Waals surface area (Å²) in [6.07, 6.45) is 21.2. The number of hydrogen-bond donors (Lipinski definition) is 1. The van der Waals surface area contributed by atoms with Crippen LogP contribution in [0.4, 0.5) is 0 Å². The molecular weight excluding hydrogens is 1340 g/mol. The van der Waals surface area contributed by atoms with Crippen LogP contribution in [0, 0.1) is 36.5 Å². The van der Waals surface area contributed by atoms with Gasteiger partial charge in [0, 0.05) is 137 Å². The number of carbonyl (C=O) groups excluding carboxylic acids is 5. The third kappa shape index (κ3) is 25.0. The molecule has 108 heavy (non-hydrogen) atoms. The molecule has 10 aromatic rings. The van der Waals surface area contributed by atoms with E-state index >= 15 is 0 Å². The minimum Gasteiger partial charge on any atom is -0.392 e. The Kier molecular flexibility index (Phi) is 31.0. The fraction of sp³-hybridized carbons (Fsp3) is 0.352. The van der Waals surface area contributed by atoms with Crippen molar-refractivity contribution in [1.29, 1.82) is 0 Å². The molecule has 0 spiro atoms. The van der Waals surface area contributed by atoms with E-state index in [2.05, 4.69) is 183 Å². The lowest BCUT2D eigenvalue weighted by Gasteiger charge is -2.32. The highest BCUT2D eigenvalue weighted by molar-refractivity contribution is 5.99. The third-order valence-electron chi connectivity index (χ3n) is 20.8. The van der Waals surface area contributed by atoms with Crippen LogP contribution in [0.25, 0.3) is 0 Å². The fourth-order valence-electron chi connectivity index (χ4n) is 15.2. The molecular formula is C91H103N11O6. The zero-order valence-corrected chi connectivity index (χ0v) is 62.4. The number of likely N-dealkylation sites (tertiary alicyclic amines) is 5. The Morgan fingerprint density at radius 3 is 0.981 bits per heavy atom. The molecule has 7 aromatic carbocycles. The highest BCUT2D eigenvalue weighted by Crippen LogP contribution is 2.28. The largest absolute Gasteiger partial charge is 0.392 e. The van der Waals surface area contributed by atoms with Crippen LogP contribution in [0.2, 0.25) is 0 Å². The molecule has 0 amide bonds. The molecule has 17 heteroatoms. The Balaban J connectivity index is 0.000000134. The number of carbonyl (C=O) groups is 5. The topological polar surface area (TPSA) is 199 Å². The summed E-state index contributed by atoms with van der Waals surface area (Å²) in [5.41, 5.74) is 11.3. The average Bonchev–Trinajstić information content (AvgIpc) is 0.861. The number of ketones is 5. The summed E-state index contributed by atoms with van der Waals surface area (Å²) >= 11 is 0. The summed E-state index contributed by atoms with van der Waals surface area (Å²) in [5.74, 6) is 1.63. The van der Waals surface area contributed by atoms with E-state index in [1.807, 2.05) is 78.9 Å². The van der Waals surface area contributed by atoms with E-state index in [0.29, 0.717) is 22.9 Å². The summed E-state index contributed by atoms with van der Waals surface area (Å²) in [6, 6.07) is 70.9. The van der Waals surface area contributed by atoms with Crippen molar-refractivity contribution in [2.45, 2.75) is 110 Å². The van der Waals surface area contributed by atoms with E-state index in [9.17, 15) is 24.0 Å². The molecule has 0 aliphatic carbocycles. The molecule has 3 aromatic heterocycles. The number of aliphatic hydroxyl groups excluding tert-OH is 1. The Bertz CT molecular complexity index is 4050. The third-order valence-corrected chi connectivity index (χ3v) is 20.8. The molecule has 1 N–H and O–H groups in total. The number of hydrogen-bond acceptors (Lipinski definition) is 17. The number of benzene rings is 7. The average molecular weight is 1450 g/mol. The van der Waals surface area contributed by atoms with Gasteiger partial charge in [0.15, 0.2) is 29.0 Å². The van der Waals surface area contributed by atoms with Crippen molar-refractivity contribution in [3.63, 3.8) is 0 Å². The lowest BCUT2D eigenvalue weighted by atomic mass is 9.89. The minimum absolute atomic E-state index is 0.0166. The van der Waals surface area contributed by atoms with E-state index in [0.717, 1.165) is 179 Å². The zero-order valence-electron chi connectivity index (χ0n) is 62.4. The molecule has 8 heterocycles. The summed E-state index contributed by atoms with van der Waals surface area (Å²) in [4.78, 5) is 98.7. The minimum atomic E-state index is 0.0166. The first kappa shape index (κ1) is 78.9. The van der Waals surface area contributed by atoms with Crippen LogP contribution in [0.3, 0.4) is 0 Å². The highest BCUT2D eigenvalue weighted by atomic mass is 16.3. The molecule has 5 saturated heterocycles. The maximum atomic E-state index is 12.7. The van der Waals surface area contributed by atoms with E-state index in [4.69, 9.17) is 5.11 Å². The monoisotopic (exact) mass is 1450 g/mol.